The maximum atomic E-state index is 11.0. The van der Waals surface area contributed by atoms with Crippen molar-refractivity contribution in [2.75, 3.05) is 0 Å². The van der Waals surface area contributed by atoms with Crippen LogP contribution in [0.2, 0.25) is 0 Å². The molecule has 0 amide bonds. The van der Waals surface area contributed by atoms with Gasteiger partial charge in [0.05, 0.1) is 0 Å². The lowest BCUT2D eigenvalue weighted by Gasteiger charge is -2.18. The molecule has 0 bridgehead atoms. The molecule has 24 heavy (non-hydrogen) atoms. The highest BCUT2D eigenvalue weighted by Gasteiger charge is 2.46. The molecule has 9 N–H and O–H groups in total. The van der Waals surface area contributed by atoms with Crippen molar-refractivity contribution in [2.45, 2.75) is 0 Å². The van der Waals surface area contributed by atoms with Crippen molar-refractivity contribution in [3.8, 4) is 6.19 Å². The number of nitrogens with zero attached hydrogens (tertiary/aromatic N) is 1. The van der Waals surface area contributed by atoms with E-state index in [2.05, 4.69) is 23.0 Å². The topological polar surface area (TPSA) is 314 Å². The molecule has 18 nitrogen and oxygen atoms in total. The van der Waals surface area contributed by atoms with Gasteiger partial charge in [-0.15, -0.1) is 0 Å². The van der Waals surface area contributed by atoms with Crippen molar-refractivity contribution < 1.29 is 74.3 Å². The van der Waals surface area contributed by atoms with E-state index in [0.29, 0.717) is 0 Å². The highest BCUT2D eigenvalue weighted by Crippen LogP contribution is 2.72. The van der Waals surface area contributed by atoms with Crippen LogP contribution < -0.4 is 5.73 Å². The normalized spacial score (nSPS) is 19.6. The van der Waals surface area contributed by atoms with Gasteiger partial charge >= 0.3 is 39.1 Å². The van der Waals surface area contributed by atoms with Crippen LogP contribution in [0.4, 0.5) is 0 Å². The Morgan fingerprint density at radius 3 is 0.958 bits per heavy atom. The number of hydrogen-bond donors (Lipinski definition) is 8. The highest BCUT2D eigenvalue weighted by molar-refractivity contribution is 7.71. The van der Waals surface area contributed by atoms with Gasteiger partial charge in [0, 0.05) is 0 Å². The lowest BCUT2D eigenvalue weighted by molar-refractivity contribution is 0.188. The van der Waals surface area contributed by atoms with Crippen molar-refractivity contribution in [3.05, 3.63) is 0 Å². The molecule has 0 saturated carbocycles. The van der Waals surface area contributed by atoms with Crippen molar-refractivity contribution in [2.24, 2.45) is 5.73 Å². The fraction of sp³-hybridized carbons (Fsp3) is 0. The van der Waals surface area contributed by atoms with E-state index in [4.69, 9.17) is 39.5 Å². The molecule has 0 radical (unpaired) electrons. The van der Waals surface area contributed by atoms with Crippen LogP contribution in [0, 0.1) is 11.5 Å². The average molecular weight is 460 g/mol. The van der Waals surface area contributed by atoms with E-state index in [1.807, 2.05) is 0 Å². The van der Waals surface area contributed by atoms with Crippen molar-refractivity contribution in [1.82, 2.24) is 0 Å². The minimum absolute atomic E-state index is 1.25. The van der Waals surface area contributed by atoms with E-state index in [1.54, 1.807) is 0 Å². The summed E-state index contributed by atoms with van der Waals surface area (Å²) in [5.41, 5.74) is 4.15. The Kier molecular flexibility index (Phi) is 9.93. The van der Waals surface area contributed by atoms with Crippen LogP contribution in [0.1, 0.15) is 0 Å². The fourth-order valence-electron chi connectivity index (χ4n) is 0.574. The lowest BCUT2D eigenvalue weighted by atomic mass is 11.5. The Morgan fingerprint density at radius 1 is 0.625 bits per heavy atom. The Labute approximate surface area is 131 Å². The Hall–Kier alpha value is 0.0000000000000000139. The van der Waals surface area contributed by atoms with Gasteiger partial charge in [-0.2, -0.15) is 22.5 Å². The Bertz CT molecular complexity index is 640. The highest BCUT2D eigenvalue weighted by atomic mass is 31.3. The molecule has 2 unspecified atom stereocenters. The van der Waals surface area contributed by atoms with Crippen LogP contribution in [-0.4, -0.2) is 34.3 Å². The zero-order valence-corrected chi connectivity index (χ0v) is 15.0. The second kappa shape index (κ2) is 9.09. The van der Waals surface area contributed by atoms with Gasteiger partial charge in [0.25, 0.3) is 0 Å². The zero-order valence-electron chi connectivity index (χ0n) is 10.6. The lowest BCUT2D eigenvalue weighted by Crippen LogP contribution is -1.97. The standard InChI is InChI=1S/CH2N2.H7O16P5/c2-1-3;1-17(2,3)13-19(7,8)15-21(11,12)16-20(9,10)14-18(4,5)6/h2H2;(H,7,8)(H,9,10)(H,11,12)(H2,1,2,3)(H2,4,5,6). The molecule has 0 saturated heterocycles. The number of nitriles is 1. The van der Waals surface area contributed by atoms with Gasteiger partial charge in [0.15, 0.2) is 6.19 Å². The first-order chi connectivity index (χ1) is 10.2. The summed E-state index contributed by atoms with van der Waals surface area (Å²) in [5.74, 6) is 0. The number of nitrogens with two attached hydrogens (primary N) is 1. The third-order valence-corrected chi connectivity index (χ3v) is 7.49. The minimum Gasteiger partial charge on any atom is -0.337 e. The molecule has 0 rings (SSSR count). The summed E-state index contributed by atoms with van der Waals surface area (Å²) in [6.07, 6.45) is 1.25. The van der Waals surface area contributed by atoms with Crippen LogP contribution in [-0.2, 0) is 40.1 Å². The predicted molar refractivity (Wildman–Crippen MR) is 67.7 cm³/mol. The van der Waals surface area contributed by atoms with Crippen molar-refractivity contribution >= 4 is 39.1 Å². The molecular weight excluding hydrogens is 451 g/mol. The molecule has 0 heterocycles. The van der Waals surface area contributed by atoms with Gasteiger partial charge in [0.2, 0.25) is 0 Å². The van der Waals surface area contributed by atoms with E-state index in [1.165, 1.54) is 6.19 Å². The number of phosphoric acid groups is 5. The quantitative estimate of drug-likeness (QED) is 0.122. The molecule has 0 fully saturated rings. The molecule has 0 aromatic rings. The van der Waals surface area contributed by atoms with Gasteiger partial charge in [-0.3, -0.25) is 0 Å². The first kappa shape index (κ1) is 26.2. The molecule has 0 aliphatic carbocycles. The summed E-state index contributed by atoms with van der Waals surface area (Å²) in [7, 11) is -29.3. The number of rotatable bonds is 8. The molecule has 0 aromatic carbocycles. The molecule has 144 valence electrons. The molecule has 0 spiro atoms. The van der Waals surface area contributed by atoms with Gasteiger partial charge < -0.3 is 40.0 Å². The molecular formula is CH9N2O16P5. The summed E-state index contributed by atoms with van der Waals surface area (Å²) in [4.78, 5) is 58.7. The molecule has 2 atom stereocenters. The van der Waals surface area contributed by atoms with E-state index < -0.39 is 39.1 Å². The second-order valence-corrected chi connectivity index (χ2v) is 10.2. The smallest absolute Gasteiger partial charge is 0.337 e. The third-order valence-electron chi connectivity index (χ3n) is 0.832. The predicted octanol–water partition coefficient (Wildman–Crippen LogP) is -1.03. The molecule has 23 heteroatoms. The van der Waals surface area contributed by atoms with Crippen LogP contribution in [0.3, 0.4) is 0 Å². The first-order valence-electron chi connectivity index (χ1n) is 4.29. The monoisotopic (exact) mass is 460 g/mol. The third kappa shape index (κ3) is 16.8. The van der Waals surface area contributed by atoms with E-state index in [-0.39, 0.29) is 0 Å². The molecule has 0 aliphatic heterocycles. The summed E-state index contributed by atoms with van der Waals surface area (Å²) < 4.78 is 65.6. The summed E-state index contributed by atoms with van der Waals surface area (Å²) >= 11 is 0. The van der Waals surface area contributed by atoms with E-state index >= 15 is 0 Å². The van der Waals surface area contributed by atoms with Crippen LogP contribution in [0.5, 0.6) is 0 Å². The number of hydrogen-bond acceptors (Lipinski definition) is 11. The average Bonchev–Trinajstić information content (AvgIpc) is 2.02. The summed E-state index contributed by atoms with van der Waals surface area (Å²) in [5, 5.41) is 7.10. The van der Waals surface area contributed by atoms with Gasteiger partial charge in [-0.05, 0) is 0 Å². The molecule has 0 aliphatic rings. The Balaban J connectivity index is 0. The summed E-state index contributed by atoms with van der Waals surface area (Å²) in [6.45, 7) is 0. The Morgan fingerprint density at radius 2 is 0.792 bits per heavy atom. The summed E-state index contributed by atoms with van der Waals surface area (Å²) in [6, 6.07) is 0. The van der Waals surface area contributed by atoms with Crippen molar-refractivity contribution in [3.63, 3.8) is 0 Å². The van der Waals surface area contributed by atoms with Crippen LogP contribution in [0.15, 0.2) is 0 Å². The second-order valence-electron chi connectivity index (χ2n) is 2.84. The largest absolute Gasteiger partial charge is 0.490 e. The first-order valence-corrected chi connectivity index (χ1v) is 11.8. The van der Waals surface area contributed by atoms with E-state index in [9.17, 15) is 22.8 Å². The SMILES string of the molecule is N#CN.O=P(O)(O)OP(=O)(O)OP(=O)(O)OP(=O)(O)OP(=O)(O)O. The van der Waals surface area contributed by atoms with Gasteiger partial charge in [-0.1, -0.05) is 0 Å². The maximum Gasteiger partial charge on any atom is 0.490 e. The van der Waals surface area contributed by atoms with E-state index in [0.717, 1.165) is 0 Å². The fourth-order valence-corrected chi connectivity index (χ4v) is 5.97. The molecule has 0 aromatic heterocycles. The van der Waals surface area contributed by atoms with Crippen LogP contribution >= 0.6 is 39.1 Å². The van der Waals surface area contributed by atoms with Crippen LogP contribution in [0.25, 0.3) is 0 Å². The maximum absolute atomic E-state index is 11.0. The van der Waals surface area contributed by atoms with Crippen molar-refractivity contribution in [1.29, 1.82) is 5.26 Å². The van der Waals surface area contributed by atoms with Gasteiger partial charge in [-0.25, -0.2) is 22.8 Å². The van der Waals surface area contributed by atoms with Gasteiger partial charge in [0.1, 0.15) is 0 Å². The minimum atomic E-state index is -6.07. The zero-order chi connectivity index (χ0) is 20.0.